The zero-order valence-electron chi connectivity index (χ0n) is 12.7. The largest absolute Gasteiger partial charge is 0.314 e. The van der Waals surface area contributed by atoms with Gasteiger partial charge in [0.1, 0.15) is 0 Å². The Hall–Kier alpha value is -0.910. The van der Waals surface area contributed by atoms with Gasteiger partial charge < -0.3 is 5.32 Å². The van der Waals surface area contributed by atoms with Gasteiger partial charge in [-0.15, -0.1) is 0 Å². The minimum Gasteiger partial charge on any atom is -0.314 e. The van der Waals surface area contributed by atoms with E-state index < -0.39 is 10.0 Å². The van der Waals surface area contributed by atoms with Gasteiger partial charge in [-0.2, -0.15) is 0 Å². The Morgan fingerprint density at radius 1 is 1.29 bits per heavy atom. The fourth-order valence-corrected chi connectivity index (χ4v) is 4.25. The maximum atomic E-state index is 12.1. The molecule has 1 aromatic carbocycles. The van der Waals surface area contributed by atoms with Crippen molar-refractivity contribution < 1.29 is 8.42 Å². The van der Waals surface area contributed by atoms with Gasteiger partial charge in [0, 0.05) is 12.1 Å². The van der Waals surface area contributed by atoms with Crippen LogP contribution in [0.25, 0.3) is 0 Å². The first-order valence-corrected chi connectivity index (χ1v) is 9.48. The number of piperidine rings is 1. The average molecular weight is 310 g/mol. The third-order valence-electron chi connectivity index (χ3n) is 3.91. The molecular formula is C16H26N2O2S. The summed E-state index contributed by atoms with van der Waals surface area (Å²) in [6.45, 7) is 2.94. The topological polar surface area (TPSA) is 58.2 Å². The van der Waals surface area contributed by atoms with E-state index in [4.69, 9.17) is 0 Å². The fourth-order valence-electron chi connectivity index (χ4n) is 2.84. The molecule has 0 aliphatic carbocycles. The Morgan fingerprint density at radius 3 is 2.71 bits per heavy atom. The molecule has 0 bridgehead atoms. The van der Waals surface area contributed by atoms with E-state index in [1.165, 1.54) is 12.8 Å². The van der Waals surface area contributed by atoms with Gasteiger partial charge >= 0.3 is 0 Å². The molecule has 0 amide bonds. The van der Waals surface area contributed by atoms with Crippen LogP contribution in [0, 0.1) is 0 Å². The van der Waals surface area contributed by atoms with Crippen molar-refractivity contribution in [2.24, 2.45) is 0 Å². The Bertz CT molecular complexity index is 510. The summed E-state index contributed by atoms with van der Waals surface area (Å²) < 4.78 is 27.1. The number of nitrogens with one attached hydrogen (secondary N) is 2. The third kappa shape index (κ3) is 6.16. The van der Waals surface area contributed by atoms with E-state index in [2.05, 4.69) is 10.0 Å². The molecule has 2 unspecified atom stereocenters. The van der Waals surface area contributed by atoms with Gasteiger partial charge in [-0.3, -0.25) is 0 Å². The standard InChI is InChI=1S/C16H26N2O2S/c1-14(13-15-7-3-2-4-8-15)18-21(19,20)12-10-16-9-5-6-11-17-16/h2-4,7-8,14,16-18H,5-6,9-13H2,1H3. The van der Waals surface area contributed by atoms with E-state index in [0.717, 1.165) is 24.9 Å². The Morgan fingerprint density at radius 2 is 2.05 bits per heavy atom. The van der Waals surface area contributed by atoms with Crippen molar-refractivity contribution in [3.05, 3.63) is 35.9 Å². The summed E-state index contributed by atoms with van der Waals surface area (Å²) in [6.07, 6.45) is 4.93. The van der Waals surface area contributed by atoms with Crippen molar-refractivity contribution in [2.75, 3.05) is 12.3 Å². The molecule has 1 aliphatic rings. The third-order valence-corrected chi connectivity index (χ3v) is 5.45. The van der Waals surface area contributed by atoms with Crippen LogP contribution >= 0.6 is 0 Å². The molecule has 1 heterocycles. The first-order valence-electron chi connectivity index (χ1n) is 7.82. The predicted molar refractivity (Wildman–Crippen MR) is 86.8 cm³/mol. The fraction of sp³-hybridized carbons (Fsp3) is 0.625. The highest BCUT2D eigenvalue weighted by Gasteiger charge is 2.19. The lowest BCUT2D eigenvalue weighted by molar-refractivity contribution is 0.392. The molecule has 2 rings (SSSR count). The average Bonchev–Trinajstić information content (AvgIpc) is 2.47. The summed E-state index contributed by atoms with van der Waals surface area (Å²) in [5.74, 6) is 0.212. The SMILES string of the molecule is CC(Cc1ccccc1)NS(=O)(=O)CCC1CCCCN1. The van der Waals surface area contributed by atoms with E-state index >= 15 is 0 Å². The lowest BCUT2D eigenvalue weighted by Crippen LogP contribution is -2.39. The minimum absolute atomic E-state index is 0.0725. The van der Waals surface area contributed by atoms with E-state index in [-0.39, 0.29) is 11.8 Å². The quantitative estimate of drug-likeness (QED) is 0.810. The first kappa shape index (κ1) is 16.5. The number of hydrogen-bond donors (Lipinski definition) is 2. The zero-order chi connectivity index (χ0) is 15.1. The highest BCUT2D eigenvalue weighted by molar-refractivity contribution is 7.89. The first-order chi connectivity index (χ1) is 10.1. The smallest absolute Gasteiger partial charge is 0.211 e. The normalized spacial score (nSPS) is 21.1. The number of rotatable bonds is 7. The molecule has 21 heavy (non-hydrogen) atoms. The van der Waals surface area contributed by atoms with Gasteiger partial charge in [-0.05, 0) is 44.7 Å². The highest BCUT2D eigenvalue weighted by Crippen LogP contribution is 2.11. The monoisotopic (exact) mass is 310 g/mol. The van der Waals surface area contributed by atoms with Crippen molar-refractivity contribution in [1.82, 2.24) is 10.0 Å². The second-order valence-electron chi connectivity index (χ2n) is 5.96. The van der Waals surface area contributed by atoms with E-state index in [1.54, 1.807) is 0 Å². The summed E-state index contributed by atoms with van der Waals surface area (Å²) in [5, 5.41) is 3.39. The van der Waals surface area contributed by atoms with Crippen LogP contribution in [0.3, 0.4) is 0 Å². The summed E-state index contributed by atoms with van der Waals surface area (Å²) in [6, 6.07) is 10.3. The summed E-state index contributed by atoms with van der Waals surface area (Å²) >= 11 is 0. The number of sulfonamides is 1. The Balaban J connectivity index is 1.77. The highest BCUT2D eigenvalue weighted by atomic mass is 32.2. The molecule has 5 heteroatoms. The van der Waals surface area contributed by atoms with Crippen LogP contribution in [0.4, 0.5) is 0 Å². The van der Waals surface area contributed by atoms with Crippen LogP contribution in [0.15, 0.2) is 30.3 Å². The maximum absolute atomic E-state index is 12.1. The minimum atomic E-state index is -3.19. The molecule has 1 fully saturated rings. The van der Waals surface area contributed by atoms with Gasteiger partial charge in [-0.25, -0.2) is 13.1 Å². The van der Waals surface area contributed by atoms with Crippen LogP contribution < -0.4 is 10.0 Å². The summed E-state index contributed by atoms with van der Waals surface area (Å²) in [4.78, 5) is 0. The molecule has 2 atom stereocenters. The summed E-state index contributed by atoms with van der Waals surface area (Å²) in [7, 11) is -3.19. The molecule has 1 aliphatic heterocycles. The molecule has 0 radical (unpaired) electrons. The van der Waals surface area contributed by atoms with Gasteiger partial charge in [0.05, 0.1) is 5.75 Å². The Labute approximate surface area is 128 Å². The maximum Gasteiger partial charge on any atom is 0.211 e. The molecule has 1 aromatic rings. The van der Waals surface area contributed by atoms with E-state index in [1.807, 2.05) is 37.3 Å². The van der Waals surface area contributed by atoms with E-state index in [0.29, 0.717) is 12.5 Å². The lowest BCUT2D eigenvalue weighted by Gasteiger charge is -2.23. The number of hydrogen-bond acceptors (Lipinski definition) is 3. The predicted octanol–water partition coefficient (Wildman–Crippen LogP) is 2.07. The molecule has 4 nitrogen and oxygen atoms in total. The summed E-state index contributed by atoms with van der Waals surface area (Å²) in [5.41, 5.74) is 1.15. The van der Waals surface area contributed by atoms with Crippen molar-refractivity contribution >= 4 is 10.0 Å². The van der Waals surface area contributed by atoms with Gasteiger partial charge in [0.25, 0.3) is 0 Å². The molecule has 1 saturated heterocycles. The van der Waals surface area contributed by atoms with Crippen LogP contribution in [0.5, 0.6) is 0 Å². The molecular weight excluding hydrogens is 284 g/mol. The lowest BCUT2D eigenvalue weighted by atomic mass is 10.0. The van der Waals surface area contributed by atoms with E-state index in [9.17, 15) is 8.42 Å². The molecule has 2 N–H and O–H groups in total. The van der Waals surface area contributed by atoms with Crippen LogP contribution in [0.1, 0.15) is 38.2 Å². The van der Waals surface area contributed by atoms with Gasteiger partial charge in [0.15, 0.2) is 0 Å². The molecule has 0 aromatic heterocycles. The van der Waals surface area contributed by atoms with Gasteiger partial charge in [-0.1, -0.05) is 36.8 Å². The van der Waals surface area contributed by atoms with Crippen molar-refractivity contribution in [3.8, 4) is 0 Å². The van der Waals surface area contributed by atoms with Crippen LogP contribution in [-0.2, 0) is 16.4 Å². The Kier molecular flexibility index (Phi) is 6.21. The molecule has 0 saturated carbocycles. The molecule has 0 spiro atoms. The second-order valence-corrected chi connectivity index (χ2v) is 7.84. The number of benzene rings is 1. The van der Waals surface area contributed by atoms with Gasteiger partial charge in [0.2, 0.25) is 10.0 Å². The van der Waals surface area contributed by atoms with Crippen molar-refractivity contribution in [3.63, 3.8) is 0 Å². The van der Waals surface area contributed by atoms with Crippen molar-refractivity contribution in [1.29, 1.82) is 0 Å². The van der Waals surface area contributed by atoms with Crippen molar-refractivity contribution in [2.45, 2.75) is 51.1 Å². The molecule has 118 valence electrons. The van der Waals surface area contributed by atoms with Crippen LogP contribution in [0.2, 0.25) is 0 Å². The zero-order valence-corrected chi connectivity index (χ0v) is 13.5. The van der Waals surface area contributed by atoms with Crippen LogP contribution in [-0.4, -0.2) is 32.8 Å². The second kappa shape index (κ2) is 7.92.